The van der Waals surface area contributed by atoms with Crippen molar-refractivity contribution in [2.24, 2.45) is 10.1 Å². The average Bonchev–Trinajstić information content (AvgIpc) is 3.00. The summed E-state index contributed by atoms with van der Waals surface area (Å²) >= 11 is 1.49. The molecule has 1 aromatic heterocycles. The van der Waals surface area contributed by atoms with Crippen molar-refractivity contribution < 1.29 is 9.21 Å². The van der Waals surface area contributed by atoms with E-state index in [1.54, 1.807) is 5.01 Å². The fraction of sp³-hybridized carbons (Fsp3) is 0.235. The van der Waals surface area contributed by atoms with E-state index in [1.165, 1.54) is 11.8 Å². The van der Waals surface area contributed by atoms with Gasteiger partial charge in [0.2, 0.25) is 6.17 Å². The number of carbonyl (C=O) groups excluding carboxylic acids is 1. The minimum atomic E-state index is -0.484. The number of fused-ring (bicyclic) bond motifs is 2. The molecule has 4 rings (SSSR count). The second kappa shape index (κ2) is 5.83. The average molecular weight is 340 g/mol. The molecule has 24 heavy (non-hydrogen) atoms. The predicted molar refractivity (Wildman–Crippen MR) is 92.4 cm³/mol. The van der Waals surface area contributed by atoms with Crippen molar-refractivity contribution in [1.82, 2.24) is 10.3 Å². The van der Waals surface area contributed by atoms with Crippen LogP contribution in [0.1, 0.15) is 24.6 Å². The Balaban J connectivity index is 1.95. The van der Waals surface area contributed by atoms with Gasteiger partial charge in [-0.05, 0) is 30.9 Å². The molecular formula is C17H16N4O2S. The number of furan rings is 1. The highest BCUT2D eigenvalue weighted by Crippen LogP contribution is 2.31. The van der Waals surface area contributed by atoms with Crippen LogP contribution in [0.15, 0.2) is 50.9 Å². The Labute approximate surface area is 142 Å². The quantitative estimate of drug-likeness (QED) is 0.899. The number of hydrogen-bond donors (Lipinski definition) is 1. The number of amides is 1. The highest BCUT2D eigenvalue weighted by Gasteiger charge is 2.35. The van der Waals surface area contributed by atoms with Crippen molar-refractivity contribution in [3.8, 4) is 0 Å². The van der Waals surface area contributed by atoms with E-state index < -0.39 is 6.17 Å². The van der Waals surface area contributed by atoms with Crippen molar-refractivity contribution in [1.29, 1.82) is 0 Å². The van der Waals surface area contributed by atoms with Crippen LogP contribution in [-0.2, 0) is 4.79 Å². The van der Waals surface area contributed by atoms with Gasteiger partial charge in [-0.25, -0.2) is 10.0 Å². The Morgan fingerprint density at radius 2 is 2.12 bits per heavy atom. The molecule has 7 heteroatoms. The normalized spacial score (nSPS) is 19.2. The largest absolute Gasteiger partial charge is 0.462 e. The number of hydrazone groups is 1. The van der Waals surface area contributed by atoms with Crippen LogP contribution in [0, 0.1) is 6.92 Å². The van der Waals surface area contributed by atoms with Gasteiger partial charge in [0.05, 0.1) is 5.36 Å². The summed E-state index contributed by atoms with van der Waals surface area (Å²) in [6.45, 7) is 3.90. The zero-order chi connectivity index (χ0) is 16.7. The molecule has 2 aliphatic rings. The maximum absolute atomic E-state index is 12.7. The van der Waals surface area contributed by atoms with E-state index in [0.717, 1.165) is 22.1 Å². The summed E-state index contributed by atoms with van der Waals surface area (Å²) in [5.41, 5.74) is 0.500. The number of nitrogens with one attached hydrogen (secondary N) is 1. The summed E-state index contributed by atoms with van der Waals surface area (Å²) < 4.78 is 5.76. The first-order chi connectivity index (χ1) is 11.7. The van der Waals surface area contributed by atoms with Gasteiger partial charge in [0.15, 0.2) is 10.9 Å². The maximum atomic E-state index is 12.7. The van der Waals surface area contributed by atoms with E-state index in [4.69, 9.17) is 9.41 Å². The minimum absolute atomic E-state index is 0.170. The number of rotatable bonds is 2. The van der Waals surface area contributed by atoms with Gasteiger partial charge in [-0.3, -0.25) is 10.1 Å². The molecule has 2 aromatic rings. The Hall–Kier alpha value is -2.54. The number of nitrogens with zero attached hydrogens (tertiary/aromatic N) is 3. The van der Waals surface area contributed by atoms with Crippen LogP contribution < -0.4 is 15.9 Å². The first-order valence-electron chi connectivity index (χ1n) is 7.73. The Bertz CT molecular complexity index is 963. The summed E-state index contributed by atoms with van der Waals surface area (Å²) in [4.78, 5) is 17.5. The highest BCUT2D eigenvalue weighted by molar-refractivity contribution is 8.13. The lowest BCUT2D eigenvalue weighted by molar-refractivity contribution is -0.116. The van der Waals surface area contributed by atoms with Crippen LogP contribution in [-0.4, -0.2) is 21.8 Å². The molecule has 1 atom stereocenters. The van der Waals surface area contributed by atoms with Crippen LogP contribution in [0.25, 0.3) is 5.70 Å². The van der Waals surface area contributed by atoms with Crippen LogP contribution in [0.5, 0.6) is 0 Å². The van der Waals surface area contributed by atoms with E-state index in [0.29, 0.717) is 16.6 Å². The van der Waals surface area contributed by atoms with Gasteiger partial charge < -0.3 is 4.42 Å². The number of hydrogen-bond acceptors (Lipinski definition) is 6. The number of carbonyl (C=O) groups is 1. The third kappa shape index (κ3) is 2.41. The van der Waals surface area contributed by atoms with Crippen LogP contribution in [0.3, 0.4) is 0 Å². The number of para-hydroxylation sites is 1. The third-order valence-electron chi connectivity index (χ3n) is 3.81. The fourth-order valence-corrected chi connectivity index (χ4v) is 3.39. The van der Waals surface area contributed by atoms with Gasteiger partial charge in [0.1, 0.15) is 11.5 Å². The van der Waals surface area contributed by atoms with E-state index >= 15 is 0 Å². The van der Waals surface area contributed by atoms with Crippen LogP contribution in [0.2, 0.25) is 0 Å². The summed E-state index contributed by atoms with van der Waals surface area (Å²) in [5, 5.41) is 11.2. The molecular weight excluding hydrogens is 324 g/mol. The van der Waals surface area contributed by atoms with Gasteiger partial charge in [0.25, 0.3) is 5.91 Å². The van der Waals surface area contributed by atoms with E-state index in [2.05, 4.69) is 10.4 Å². The zero-order valence-electron chi connectivity index (χ0n) is 13.3. The van der Waals surface area contributed by atoms with E-state index in [-0.39, 0.29) is 5.91 Å². The zero-order valence-corrected chi connectivity index (χ0v) is 14.1. The molecule has 2 aliphatic heterocycles. The number of benzene rings is 1. The van der Waals surface area contributed by atoms with Gasteiger partial charge >= 0.3 is 0 Å². The maximum Gasteiger partial charge on any atom is 0.276 e. The molecule has 1 amide bonds. The van der Waals surface area contributed by atoms with Crippen LogP contribution in [0.4, 0.5) is 0 Å². The smallest absolute Gasteiger partial charge is 0.276 e. The molecule has 0 radical (unpaired) electrons. The standard InChI is InChI=1S/C17H16N4O2S/c1-3-24-17-19-16(22)14-11-6-4-5-7-12(11)18-15(21(14)20-17)13-9-8-10(2)23-13/h4-9,15H,3H2,1-2H3,(H,19,20,22)/t15-/m1/s1. The second-order valence-electron chi connectivity index (χ2n) is 5.45. The lowest BCUT2D eigenvalue weighted by Gasteiger charge is -2.32. The molecule has 6 nitrogen and oxygen atoms in total. The topological polar surface area (TPSA) is 70.2 Å². The molecule has 0 fully saturated rings. The molecule has 1 aromatic carbocycles. The highest BCUT2D eigenvalue weighted by atomic mass is 32.2. The van der Waals surface area contributed by atoms with Gasteiger partial charge in [0, 0.05) is 5.22 Å². The molecule has 0 spiro atoms. The van der Waals surface area contributed by atoms with Crippen molar-refractivity contribution in [2.45, 2.75) is 20.0 Å². The monoisotopic (exact) mass is 340 g/mol. The summed E-state index contributed by atoms with van der Waals surface area (Å²) in [5.74, 6) is 2.12. The molecule has 0 aliphatic carbocycles. The molecule has 0 bridgehead atoms. The molecule has 1 N–H and O–H groups in total. The van der Waals surface area contributed by atoms with Crippen molar-refractivity contribution in [3.63, 3.8) is 0 Å². The fourth-order valence-electron chi connectivity index (χ4n) is 2.81. The second-order valence-corrected chi connectivity index (χ2v) is 6.71. The predicted octanol–water partition coefficient (Wildman–Crippen LogP) is 1.48. The third-order valence-corrected chi connectivity index (χ3v) is 4.56. The van der Waals surface area contributed by atoms with Crippen LogP contribution >= 0.6 is 11.8 Å². The summed E-state index contributed by atoms with van der Waals surface area (Å²) in [6.07, 6.45) is -0.484. The first kappa shape index (κ1) is 15.0. The molecule has 122 valence electrons. The SMILES string of the molecule is CCSC1=NN2C(=c3ccccc3=N[C@H]2c2ccc(C)o2)C(=O)N1. The molecule has 0 saturated carbocycles. The van der Waals surface area contributed by atoms with Gasteiger partial charge in [-0.15, -0.1) is 5.10 Å². The van der Waals surface area contributed by atoms with Gasteiger partial charge in [-0.2, -0.15) is 0 Å². The summed E-state index contributed by atoms with van der Waals surface area (Å²) in [6, 6.07) is 11.4. The van der Waals surface area contributed by atoms with Crippen molar-refractivity contribution >= 4 is 28.5 Å². The number of thioether (sulfide) groups is 1. The van der Waals surface area contributed by atoms with Crippen molar-refractivity contribution in [3.05, 3.63) is 58.5 Å². The summed E-state index contributed by atoms with van der Waals surface area (Å²) in [7, 11) is 0. The molecule has 0 unspecified atom stereocenters. The number of aryl methyl sites for hydroxylation is 1. The minimum Gasteiger partial charge on any atom is -0.462 e. The van der Waals surface area contributed by atoms with Crippen molar-refractivity contribution in [2.75, 3.05) is 5.75 Å². The van der Waals surface area contributed by atoms with E-state index in [1.807, 2.05) is 50.2 Å². The lowest BCUT2D eigenvalue weighted by Crippen LogP contribution is -2.50. The molecule has 0 saturated heterocycles. The number of amidine groups is 1. The Morgan fingerprint density at radius 3 is 2.88 bits per heavy atom. The molecule has 3 heterocycles. The first-order valence-corrected chi connectivity index (χ1v) is 8.71. The Kier molecular flexibility index (Phi) is 3.65. The van der Waals surface area contributed by atoms with Gasteiger partial charge in [-0.1, -0.05) is 36.9 Å². The van der Waals surface area contributed by atoms with E-state index in [9.17, 15) is 4.79 Å². The Morgan fingerprint density at radius 1 is 1.29 bits per heavy atom. The lowest BCUT2D eigenvalue weighted by atomic mass is 10.1.